The first-order valence-corrected chi connectivity index (χ1v) is 7.95. The van der Waals surface area contributed by atoms with E-state index in [1.165, 1.54) is 41.2 Å². The average molecular weight is 249 g/mol. The summed E-state index contributed by atoms with van der Waals surface area (Å²) in [6, 6.07) is 6.46. The van der Waals surface area contributed by atoms with E-state index in [1.54, 1.807) is 0 Å². The molecule has 0 bridgehead atoms. The lowest BCUT2D eigenvalue weighted by Crippen LogP contribution is -2.24. The summed E-state index contributed by atoms with van der Waals surface area (Å²) in [5, 5.41) is 0. The van der Waals surface area contributed by atoms with Crippen molar-refractivity contribution in [2.75, 3.05) is 11.5 Å². The molecule has 2 rings (SSSR count). The Bertz CT molecular complexity index is 414. The molecule has 2 heteroatoms. The summed E-state index contributed by atoms with van der Waals surface area (Å²) >= 11 is 0. The molecule has 0 radical (unpaired) electrons. The van der Waals surface area contributed by atoms with E-state index < -0.39 is 0 Å². The zero-order chi connectivity index (χ0) is 12.5. The van der Waals surface area contributed by atoms with Crippen LogP contribution in [0.4, 0.5) is 5.69 Å². The maximum absolute atomic E-state index is 5.01. The van der Waals surface area contributed by atoms with Gasteiger partial charge in [0.15, 0.2) is 0 Å². The molecule has 1 saturated heterocycles. The van der Waals surface area contributed by atoms with E-state index in [0.717, 1.165) is 0 Å². The summed E-state index contributed by atoms with van der Waals surface area (Å²) in [6.07, 6.45) is 2.65. The summed E-state index contributed by atoms with van der Waals surface area (Å²) in [4.78, 5) is 0. The van der Waals surface area contributed by atoms with Crippen LogP contribution in [0.1, 0.15) is 37.8 Å². The van der Waals surface area contributed by atoms with E-state index >= 15 is 0 Å². The Hall–Kier alpha value is -0.630. The van der Waals surface area contributed by atoms with Crippen LogP contribution in [0.3, 0.4) is 0 Å². The fourth-order valence-electron chi connectivity index (χ4n) is 2.19. The molecule has 1 nitrogen and oxygen atoms in total. The second kappa shape index (κ2) is 4.93. The second-order valence-electron chi connectivity index (χ2n) is 5.87. The van der Waals surface area contributed by atoms with Crippen molar-refractivity contribution in [2.24, 2.45) is 9.78 Å². The molecule has 0 N–H and O–H groups in total. The van der Waals surface area contributed by atoms with Crippen molar-refractivity contribution in [3.8, 4) is 0 Å². The van der Waals surface area contributed by atoms with Crippen LogP contribution < -0.4 is 0 Å². The third-order valence-corrected chi connectivity index (χ3v) is 5.48. The predicted molar refractivity (Wildman–Crippen MR) is 78.1 cm³/mol. The molecule has 94 valence electrons. The van der Waals surface area contributed by atoms with Gasteiger partial charge in [-0.1, -0.05) is 42.7 Å². The zero-order valence-corrected chi connectivity index (χ0v) is 12.2. The van der Waals surface area contributed by atoms with Crippen molar-refractivity contribution in [1.82, 2.24) is 0 Å². The molecule has 0 aliphatic carbocycles. The highest BCUT2D eigenvalue weighted by molar-refractivity contribution is 7.87. The average Bonchev–Trinajstić information content (AvgIpc) is 2.26. The monoisotopic (exact) mass is 249 g/mol. The van der Waals surface area contributed by atoms with Crippen molar-refractivity contribution in [3.05, 3.63) is 29.3 Å². The van der Waals surface area contributed by atoms with Gasteiger partial charge in [-0.3, -0.25) is 0 Å². The predicted octanol–water partition coefficient (Wildman–Crippen LogP) is 4.56. The summed E-state index contributed by atoms with van der Waals surface area (Å²) in [7, 11) is 0.262. The van der Waals surface area contributed by atoms with Gasteiger partial charge in [0.2, 0.25) is 0 Å². The van der Waals surface area contributed by atoms with E-state index in [0.29, 0.717) is 5.41 Å². The fourth-order valence-corrected chi connectivity index (χ4v) is 4.69. The molecule has 0 atom stereocenters. The molecule has 0 amide bonds. The van der Waals surface area contributed by atoms with E-state index in [9.17, 15) is 0 Å². The maximum atomic E-state index is 5.01. The third kappa shape index (κ3) is 3.19. The summed E-state index contributed by atoms with van der Waals surface area (Å²) in [5.74, 6) is 2.56. The summed E-state index contributed by atoms with van der Waals surface area (Å²) in [6.45, 7) is 9.10. The quantitative estimate of drug-likeness (QED) is 0.692. The Kier molecular flexibility index (Phi) is 3.72. The van der Waals surface area contributed by atoms with Crippen molar-refractivity contribution in [1.29, 1.82) is 0 Å². The van der Waals surface area contributed by atoms with Crippen LogP contribution in [-0.4, -0.2) is 11.5 Å². The molecule has 1 fully saturated rings. The van der Waals surface area contributed by atoms with Gasteiger partial charge in [0, 0.05) is 11.5 Å². The van der Waals surface area contributed by atoms with Crippen molar-refractivity contribution in [3.63, 3.8) is 0 Å². The smallest absolute Gasteiger partial charge is 0.0761 e. The first kappa shape index (κ1) is 12.8. The second-order valence-corrected chi connectivity index (χ2v) is 7.79. The van der Waals surface area contributed by atoms with Crippen LogP contribution >= 0.6 is 0 Å². The number of benzene rings is 1. The Balaban J connectivity index is 2.21. The van der Waals surface area contributed by atoms with Gasteiger partial charge in [0.1, 0.15) is 0 Å². The lowest BCUT2D eigenvalue weighted by Gasteiger charge is -2.30. The Morgan fingerprint density at radius 3 is 2.12 bits per heavy atom. The van der Waals surface area contributed by atoms with E-state index in [-0.39, 0.29) is 10.7 Å². The molecule has 1 aromatic carbocycles. The van der Waals surface area contributed by atoms with Crippen LogP contribution in [0, 0.1) is 19.3 Å². The highest BCUT2D eigenvalue weighted by atomic mass is 32.2. The lowest BCUT2D eigenvalue weighted by atomic mass is 9.87. The molecule has 1 heterocycles. The van der Waals surface area contributed by atoms with Crippen molar-refractivity contribution >= 4 is 16.4 Å². The molecule has 1 aromatic rings. The van der Waals surface area contributed by atoms with Gasteiger partial charge in [0.05, 0.1) is 5.69 Å². The minimum Gasteiger partial charge on any atom is -0.228 e. The molecule has 1 aliphatic heterocycles. The first-order valence-electron chi connectivity index (χ1n) is 6.43. The Morgan fingerprint density at radius 2 is 1.59 bits per heavy atom. The number of nitrogens with zero attached hydrogens (tertiary/aromatic N) is 1. The number of hydrogen-bond acceptors (Lipinski definition) is 1. The molecule has 0 saturated carbocycles. The highest BCUT2D eigenvalue weighted by Gasteiger charge is 2.23. The summed E-state index contributed by atoms with van der Waals surface area (Å²) < 4.78 is 5.01. The first-order chi connectivity index (χ1) is 7.98. The largest absolute Gasteiger partial charge is 0.228 e. The maximum Gasteiger partial charge on any atom is 0.0761 e. The fraction of sp³-hybridized carbons (Fsp3) is 0.600. The van der Waals surface area contributed by atoms with Gasteiger partial charge in [-0.05, 0) is 43.2 Å². The minimum atomic E-state index is 0.262. The van der Waals surface area contributed by atoms with Crippen LogP contribution in [0.2, 0.25) is 0 Å². The number of aryl methyl sites for hydroxylation is 2. The van der Waals surface area contributed by atoms with Gasteiger partial charge >= 0.3 is 0 Å². The number of rotatable bonds is 1. The third-order valence-electron chi connectivity index (χ3n) is 3.69. The Labute approximate surface area is 108 Å². The van der Waals surface area contributed by atoms with Gasteiger partial charge in [-0.15, -0.1) is 0 Å². The normalized spacial score (nSPS) is 20.2. The standard InChI is InChI=1S/C15H23NS/c1-12-6-5-7-13(2)14(12)16-17-10-8-15(3,4)9-11-17/h5-7H,8-11H2,1-4H3. The molecule has 17 heavy (non-hydrogen) atoms. The number of hydrogen-bond donors (Lipinski definition) is 0. The molecule has 1 aliphatic rings. The Morgan fingerprint density at radius 1 is 1.06 bits per heavy atom. The van der Waals surface area contributed by atoms with E-state index in [1.807, 2.05) is 0 Å². The summed E-state index contributed by atoms with van der Waals surface area (Å²) in [5.41, 5.74) is 4.43. The van der Waals surface area contributed by atoms with Crippen LogP contribution in [0.25, 0.3) is 0 Å². The highest BCUT2D eigenvalue weighted by Crippen LogP contribution is 2.32. The van der Waals surface area contributed by atoms with E-state index in [2.05, 4.69) is 45.9 Å². The topological polar surface area (TPSA) is 12.4 Å². The SMILES string of the molecule is Cc1cccc(C)c1N=S1CCC(C)(C)CC1. The lowest BCUT2D eigenvalue weighted by molar-refractivity contribution is 0.335. The minimum absolute atomic E-state index is 0.262. The zero-order valence-electron chi connectivity index (χ0n) is 11.4. The van der Waals surface area contributed by atoms with Gasteiger partial charge in [-0.2, -0.15) is 0 Å². The van der Waals surface area contributed by atoms with Crippen molar-refractivity contribution in [2.45, 2.75) is 40.5 Å². The van der Waals surface area contributed by atoms with Crippen molar-refractivity contribution < 1.29 is 0 Å². The molecule has 0 unspecified atom stereocenters. The van der Waals surface area contributed by atoms with Gasteiger partial charge in [0.25, 0.3) is 0 Å². The van der Waals surface area contributed by atoms with Gasteiger partial charge < -0.3 is 0 Å². The molecule has 0 spiro atoms. The molecular weight excluding hydrogens is 226 g/mol. The van der Waals surface area contributed by atoms with Crippen LogP contribution in [-0.2, 0) is 10.7 Å². The molecule has 0 aromatic heterocycles. The van der Waals surface area contributed by atoms with E-state index in [4.69, 9.17) is 4.36 Å². The van der Waals surface area contributed by atoms with Gasteiger partial charge in [-0.25, -0.2) is 4.36 Å². The van der Waals surface area contributed by atoms with Crippen LogP contribution in [0.5, 0.6) is 0 Å². The molecular formula is C15H23NS. The van der Waals surface area contributed by atoms with Crippen LogP contribution in [0.15, 0.2) is 22.6 Å².